The maximum Gasteiger partial charge on any atom is 0.0335 e. The van der Waals surface area contributed by atoms with E-state index < -0.39 is 0 Å². The van der Waals surface area contributed by atoms with Crippen molar-refractivity contribution in [2.75, 3.05) is 33.2 Å². The van der Waals surface area contributed by atoms with E-state index in [1.165, 1.54) is 49.9 Å². The van der Waals surface area contributed by atoms with E-state index >= 15 is 0 Å². The van der Waals surface area contributed by atoms with Crippen molar-refractivity contribution in [1.82, 2.24) is 15.5 Å². The summed E-state index contributed by atoms with van der Waals surface area (Å²) in [5.74, 6) is 0.924. The van der Waals surface area contributed by atoms with Crippen LogP contribution in [0.4, 0.5) is 0 Å². The van der Waals surface area contributed by atoms with Crippen molar-refractivity contribution in [3.63, 3.8) is 0 Å². The smallest absolute Gasteiger partial charge is 0.0335 e. The molecule has 0 bridgehead atoms. The molecule has 0 radical (unpaired) electrons. The van der Waals surface area contributed by atoms with Crippen LogP contribution in [-0.2, 0) is 6.54 Å². The average Bonchev–Trinajstić information content (AvgIpc) is 2.72. The van der Waals surface area contributed by atoms with Gasteiger partial charge in [0.1, 0.15) is 0 Å². The summed E-state index contributed by atoms with van der Waals surface area (Å²) >= 11 is 0. The lowest BCUT2D eigenvalue weighted by molar-refractivity contribution is 0.210. The molecule has 0 aliphatic carbocycles. The molecule has 2 aliphatic heterocycles. The number of hydrogen-bond donors (Lipinski definition) is 2. The van der Waals surface area contributed by atoms with Crippen molar-refractivity contribution in [2.45, 2.75) is 38.3 Å². The molecule has 0 saturated carbocycles. The predicted molar refractivity (Wildman–Crippen MR) is 88.3 cm³/mol. The molecule has 3 heteroatoms. The fraction of sp³-hybridized carbons (Fsp3) is 0.667. The van der Waals surface area contributed by atoms with Gasteiger partial charge in [0.25, 0.3) is 0 Å². The molecule has 0 aromatic heterocycles. The minimum absolute atomic E-state index is 0.530. The Balaban J connectivity index is 1.51. The van der Waals surface area contributed by atoms with Crippen LogP contribution in [0.1, 0.15) is 42.9 Å². The first-order valence-electron chi connectivity index (χ1n) is 8.53. The van der Waals surface area contributed by atoms with E-state index in [2.05, 4.69) is 46.8 Å². The van der Waals surface area contributed by atoms with E-state index in [1.54, 1.807) is 0 Å². The molecule has 0 amide bonds. The SMILES string of the molecule is CN1CCC(CCNC2CCNCc3ccccc32)CC1. The zero-order valence-electron chi connectivity index (χ0n) is 13.3. The molecular formula is C18H29N3. The fourth-order valence-corrected chi connectivity index (χ4v) is 3.68. The minimum Gasteiger partial charge on any atom is -0.313 e. The molecule has 3 rings (SSSR count). The van der Waals surface area contributed by atoms with Crippen molar-refractivity contribution in [1.29, 1.82) is 0 Å². The summed E-state index contributed by atoms with van der Waals surface area (Å²) in [5, 5.41) is 7.36. The molecule has 2 heterocycles. The lowest BCUT2D eigenvalue weighted by Gasteiger charge is -2.29. The second kappa shape index (κ2) is 7.39. The van der Waals surface area contributed by atoms with Gasteiger partial charge in [-0.1, -0.05) is 24.3 Å². The number of rotatable bonds is 4. The highest BCUT2D eigenvalue weighted by Crippen LogP contribution is 2.24. The van der Waals surface area contributed by atoms with Crippen LogP contribution >= 0.6 is 0 Å². The third kappa shape index (κ3) is 4.06. The summed E-state index contributed by atoms with van der Waals surface area (Å²) in [6, 6.07) is 9.42. The monoisotopic (exact) mass is 287 g/mol. The van der Waals surface area contributed by atoms with Crippen molar-refractivity contribution < 1.29 is 0 Å². The Labute approximate surface area is 129 Å². The predicted octanol–water partition coefficient (Wildman–Crippen LogP) is 2.54. The molecule has 2 aliphatic rings. The van der Waals surface area contributed by atoms with Crippen LogP contribution in [0, 0.1) is 5.92 Å². The maximum absolute atomic E-state index is 3.82. The van der Waals surface area contributed by atoms with Gasteiger partial charge in [-0.15, -0.1) is 0 Å². The zero-order valence-corrected chi connectivity index (χ0v) is 13.3. The van der Waals surface area contributed by atoms with E-state index in [4.69, 9.17) is 0 Å². The third-order valence-electron chi connectivity index (χ3n) is 5.14. The Morgan fingerprint density at radius 3 is 2.86 bits per heavy atom. The summed E-state index contributed by atoms with van der Waals surface area (Å²) in [6.45, 7) is 5.85. The topological polar surface area (TPSA) is 27.3 Å². The van der Waals surface area contributed by atoms with E-state index in [0.29, 0.717) is 6.04 Å². The molecule has 0 spiro atoms. The third-order valence-corrected chi connectivity index (χ3v) is 5.14. The van der Waals surface area contributed by atoms with Crippen molar-refractivity contribution in [3.8, 4) is 0 Å². The normalized spacial score (nSPS) is 24.5. The van der Waals surface area contributed by atoms with Gasteiger partial charge >= 0.3 is 0 Å². The molecule has 1 unspecified atom stereocenters. The molecular weight excluding hydrogens is 258 g/mol. The van der Waals surface area contributed by atoms with Gasteiger partial charge in [-0.3, -0.25) is 0 Å². The number of fused-ring (bicyclic) bond motifs is 1. The summed E-state index contributed by atoms with van der Waals surface area (Å²) in [5.41, 5.74) is 2.97. The van der Waals surface area contributed by atoms with Gasteiger partial charge in [0, 0.05) is 12.6 Å². The van der Waals surface area contributed by atoms with Gasteiger partial charge < -0.3 is 15.5 Å². The summed E-state index contributed by atoms with van der Waals surface area (Å²) in [6.07, 6.45) is 5.28. The Morgan fingerprint density at radius 2 is 2.00 bits per heavy atom. The van der Waals surface area contributed by atoms with Crippen LogP contribution in [-0.4, -0.2) is 38.1 Å². The Kier molecular flexibility index (Phi) is 5.28. The van der Waals surface area contributed by atoms with E-state index in [-0.39, 0.29) is 0 Å². The van der Waals surface area contributed by atoms with Crippen LogP contribution in [0.2, 0.25) is 0 Å². The standard InChI is InChI=1S/C18H29N3/c1-21-12-8-15(9-13-21)6-11-20-18-7-10-19-14-16-4-2-3-5-17(16)18/h2-5,15,18-20H,6-14H2,1H3. The largest absolute Gasteiger partial charge is 0.313 e. The molecule has 1 aromatic rings. The highest BCUT2D eigenvalue weighted by atomic mass is 15.1. The highest BCUT2D eigenvalue weighted by molar-refractivity contribution is 5.30. The molecule has 21 heavy (non-hydrogen) atoms. The van der Waals surface area contributed by atoms with Gasteiger partial charge in [0.05, 0.1) is 0 Å². The van der Waals surface area contributed by atoms with Crippen molar-refractivity contribution in [2.24, 2.45) is 5.92 Å². The number of nitrogens with zero attached hydrogens (tertiary/aromatic N) is 1. The fourth-order valence-electron chi connectivity index (χ4n) is 3.68. The lowest BCUT2D eigenvalue weighted by atomic mass is 9.93. The molecule has 3 nitrogen and oxygen atoms in total. The number of piperidine rings is 1. The van der Waals surface area contributed by atoms with E-state index in [1.807, 2.05) is 0 Å². The van der Waals surface area contributed by atoms with Gasteiger partial charge in [-0.25, -0.2) is 0 Å². The number of nitrogens with one attached hydrogen (secondary N) is 2. The van der Waals surface area contributed by atoms with E-state index in [0.717, 1.165) is 25.6 Å². The first kappa shape index (κ1) is 15.0. The van der Waals surface area contributed by atoms with Crippen LogP contribution in [0.25, 0.3) is 0 Å². The number of likely N-dealkylation sites (tertiary alicyclic amines) is 1. The molecule has 116 valence electrons. The molecule has 1 fully saturated rings. The molecule has 2 N–H and O–H groups in total. The number of hydrogen-bond acceptors (Lipinski definition) is 3. The minimum atomic E-state index is 0.530. The average molecular weight is 287 g/mol. The summed E-state index contributed by atoms with van der Waals surface area (Å²) < 4.78 is 0. The van der Waals surface area contributed by atoms with Gasteiger partial charge in [-0.2, -0.15) is 0 Å². The summed E-state index contributed by atoms with van der Waals surface area (Å²) in [4.78, 5) is 2.46. The lowest BCUT2D eigenvalue weighted by Crippen LogP contribution is -2.32. The van der Waals surface area contributed by atoms with Crippen LogP contribution in [0.15, 0.2) is 24.3 Å². The maximum atomic E-state index is 3.82. The second-order valence-electron chi connectivity index (χ2n) is 6.71. The van der Waals surface area contributed by atoms with Gasteiger partial charge in [0.15, 0.2) is 0 Å². The molecule has 1 aromatic carbocycles. The first-order chi connectivity index (χ1) is 10.3. The van der Waals surface area contributed by atoms with Crippen LogP contribution in [0.5, 0.6) is 0 Å². The zero-order chi connectivity index (χ0) is 14.5. The Hall–Kier alpha value is -0.900. The highest BCUT2D eigenvalue weighted by Gasteiger charge is 2.19. The van der Waals surface area contributed by atoms with Gasteiger partial charge in [-0.05, 0) is 76.0 Å². The molecule has 1 saturated heterocycles. The van der Waals surface area contributed by atoms with Gasteiger partial charge in [0.2, 0.25) is 0 Å². The quantitative estimate of drug-likeness (QED) is 0.891. The van der Waals surface area contributed by atoms with Crippen LogP contribution < -0.4 is 10.6 Å². The molecule has 1 atom stereocenters. The Morgan fingerprint density at radius 1 is 1.19 bits per heavy atom. The van der Waals surface area contributed by atoms with Crippen molar-refractivity contribution in [3.05, 3.63) is 35.4 Å². The van der Waals surface area contributed by atoms with E-state index in [9.17, 15) is 0 Å². The summed E-state index contributed by atoms with van der Waals surface area (Å²) in [7, 11) is 2.24. The van der Waals surface area contributed by atoms with Crippen molar-refractivity contribution >= 4 is 0 Å². The Bertz CT molecular complexity index is 438. The first-order valence-corrected chi connectivity index (χ1v) is 8.53. The number of benzene rings is 1. The second-order valence-corrected chi connectivity index (χ2v) is 6.71. The van der Waals surface area contributed by atoms with Crippen LogP contribution in [0.3, 0.4) is 0 Å².